The van der Waals surface area contributed by atoms with Gasteiger partial charge < -0.3 is 0 Å². The summed E-state index contributed by atoms with van der Waals surface area (Å²) in [5.41, 5.74) is 1.73. The van der Waals surface area contributed by atoms with Crippen molar-refractivity contribution in [2.75, 3.05) is 9.44 Å². The molecule has 0 unspecified atom stereocenters. The quantitative estimate of drug-likeness (QED) is 0.587. The number of hydrogen-bond acceptors (Lipinski definition) is 4. The molecule has 6 nitrogen and oxygen atoms in total. The van der Waals surface area contributed by atoms with Gasteiger partial charge in [0.1, 0.15) is 0 Å². The average Bonchev–Trinajstić information content (AvgIpc) is 2.67. The molecule has 0 radical (unpaired) electrons. The Morgan fingerprint density at radius 2 is 1.23 bits per heavy atom. The fraction of sp³-hybridized carbons (Fsp3) is 0.100. The van der Waals surface area contributed by atoms with Crippen molar-refractivity contribution in [3.63, 3.8) is 0 Å². The SMILES string of the molecule is Cc1ccc(C)c(S(=O)(=O)Nc2ccc(NS(=O)(=O)c3ccc(F)c(F)c3)cc2)c1. The number of aryl methyl sites for hydroxylation is 2. The molecule has 0 bridgehead atoms. The van der Waals surface area contributed by atoms with Crippen molar-refractivity contribution >= 4 is 31.4 Å². The van der Waals surface area contributed by atoms with Crippen LogP contribution in [0.1, 0.15) is 11.1 Å². The number of sulfonamides is 2. The zero-order valence-electron chi connectivity index (χ0n) is 16.0. The van der Waals surface area contributed by atoms with Crippen LogP contribution < -0.4 is 9.44 Å². The topological polar surface area (TPSA) is 92.3 Å². The number of rotatable bonds is 6. The van der Waals surface area contributed by atoms with E-state index < -0.39 is 36.6 Å². The van der Waals surface area contributed by atoms with E-state index in [0.717, 1.165) is 17.7 Å². The fourth-order valence-corrected chi connectivity index (χ4v) is 5.13. The van der Waals surface area contributed by atoms with E-state index in [0.29, 0.717) is 11.6 Å². The molecule has 3 aromatic carbocycles. The standard InChI is InChI=1S/C20H18F2N2O4S2/c1-13-3-4-14(2)20(11-13)30(27,28)24-16-7-5-15(6-8-16)23-29(25,26)17-9-10-18(21)19(22)12-17/h3-12,23-24H,1-2H3. The Hall–Kier alpha value is -2.98. The first-order chi connectivity index (χ1) is 14.0. The molecule has 158 valence electrons. The van der Waals surface area contributed by atoms with Crippen LogP contribution in [0.15, 0.2) is 70.5 Å². The molecule has 0 aromatic heterocycles. The van der Waals surface area contributed by atoms with Crippen LogP contribution in [0, 0.1) is 25.5 Å². The number of halogens is 2. The van der Waals surface area contributed by atoms with Crippen LogP contribution in [-0.4, -0.2) is 16.8 Å². The van der Waals surface area contributed by atoms with E-state index in [1.165, 1.54) is 24.3 Å². The smallest absolute Gasteiger partial charge is 0.262 e. The van der Waals surface area contributed by atoms with E-state index in [1.54, 1.807) is 26.0 Å². The van der Waals surface area contributed by atoms with E-state index in [1.807, 2.05) is 6.07 Å². The number of hydrogen-bond donors (Lipinski definition) is 2. The highest BCUT2D eigenvalue weighted by molar-refractivity contribution is 7.93. The van der Waals surface area contributed by atoms with Gasteiger partial charge in [0.15, 0.2) is 11.6 Å². The molecule has 0 aliphatic rings. The van der Waals surface area contributed by atoms with Gasteiger partial charge in [-0.3, -0.25) is 9.44 Å². The van der Waals surface area contributed by atoms with Gasteiger partial charge in [-0.1, -0.05) is 12.1 Å². The molecule has 3 rings (SSSR count). The highest BCUT2D eigenvalue weighted by atomic mass is 32.2. The van der Waals surface area contributed by atoms with Crippen LogP contribution in [0.2, 0.25) is 0 Å². The zero-order chi connectivity index (χ0) is 22.1. The molecular weight excluding hydrogens is 434 g/mol. The van der Waals surface area contributed by atoms with Crippen molar-refractivity contribution in [1.29, 1.82) is 0 Å². The maximum absolute atomic E-state index is 13.3. The molecule has 0 amide bonds. The second kappa shape index (κ2) is 8.04. The lowest BCUT2D eigenvalue weighted by Gasteiger charge is -2.12. The minimum Gasteiger partial charge on any atom is -0.280 e. The monoisotopic (exact) mass is 452 g/mol. The Morgan fingerprint density at radius 3 is 1.80 bits per heavy atom. The summed E-state index contributed by atoms with van der Waals surface area (Å²) in [7, 11) is -7.98. The molecule has 0 aliphatic carbocycles. The molecule has 0 saturated heterocycles. The van der Waals surface area contributed by atoms with Gasteiger partial charge in [0.05, 0.1) is 9.79 Å². The van der Waals surface area contributed by atoms with Crippen molar-refractivity contribution in [2.45, 2.75) is 23.6 Å². The summed E-state index contributed by atoms with van der Waals surface area (Å²) in [5.74, 6) is -2.44. The lowest BCUT2D eigenvalue weighted by Crippen LogP contribution is -2.15. The molecule has 10 heteroatoms. The van der Waals surface area contributed by atoms with Gasteiger partial charge in [-0.15, -0.1) is 0 Å². The van der Waals surface area contributed by atoms with E-state index in [9.17, 15) is 25.6 Å². The summed E-state index contributed by atoms with van der Waals surface area (Å²) in [6.07, 6.45) is 0. The van der Waals surface area contributed by atoms with Crippen molar-refractivity contribution in [3.8, 4) is 0 Å². The Labute approximate surface area is 173 Å². The second-order valence-electron chi connectivity index (χ2n) is 6.63. The maximum atomic E-state index is 13.3. The van der Waals surface area contributed by atoms with Gasteiger partial charge in [0.2, 0.25) is 0 Å². The van der Waals surface area contributed by atoms with Crippen LogP contribution >= 0.6 is 0 Å². The van der Waals surface area contributed by atoms with Crippen molar-refractivity contribution < 1.29 is 25.6 Å². The van der Waals surface area contributed by atoms with Crippen molar-refractivity contribution in [2.24, 2.45) is 0 Å². The normalized spacial score (nSPS) is 11.9. The predicted octanol–water partition coefficient (Wildman–Crippen LogP) is 4.18. The first-order valence-electron chi connectivity index (χ1n) is 8.66. The van der Waals surface area contributed by atoms with E-state index in [-0.39, 0.29) is 16.3 Å². The largest absolute Gasteiger partial charge is 0.280 e. The second-order valence-corrected chi connectivity index (χ2v) is 9.97. The van der Waals surface area contributed by atoms with Gasteiger partial charge in [0.25, 0.3) is 20.0 Å². The van der Waals surface area contributed by atoms with Crippen LogP contribution in [0.25, 0.3) is 0 Å². The first-order valence-corrected chi connectivity index (χ1v) is 11.6. The summed E-state index contributed by atoms with van der Waals surface area (Å²) < 4.78 is 80.9. The summed E-state index contributed by atoms with van der Waals surface area (Å²) in [6.45, 7) is 3.47. The van der Waals surface area contributed by atoms with Crippen LogP contribution in [-0.2, 0) is 20.0 Å². The highest BCUT2D eigenvalue weighted by Crippen LogP contribution is 2.23. The van der Waals surface area contributed by atoms with Crippen molar-refractivity contribution in [1.82, 2.24) is 0 Å². The number of nitrogens with one attached hydrogen (secondary N) is 2. The lowest BCUT2D eigenvalue weighted by atomic mass is 10.2. The fourth-order valence-electron chi connectivity index (χ4n) is 2.67. The molecular formula is C20H18F2N2O4S2. The van der Waals surface area contributed by atoms with E-state index >= 15 is 0 Å². The third-order valence-electron chi connectivity index (χ3n) is 4.22. The average molecular weight is 453 g/mol. The Balaban J connectivity index is 1.79. The molecule has 3 aromatic rings. The van der Waals surface area contributed by atoms with Gasteiger partial charge in [-0.05, 0) is 73.5 Å². The Kier molecular flexibility index (Phi) is 5.82. The molecule has 0 heterocycles. The van der Waals surface area contributed by atoms with Gasteiger partial charge in [-0.2, -0.15) is 0 Å². The summed E-state index contributed by atoms with van der Waals surface area (Å²) in [4.78, 5) is -0.299. The number of benzene rings is 3. The van der Waals surface area contributed by atoms with Crippen molar-refractivity contribution in [3.05, 3.63) is 83.4 Å². The zero-order valence-corrected chi connectivity index (χ0v) is 17.6. The molecule has 0 spiro atoms. The molecule has 2 N–H and O–H groups in total. The van der Waals surface area contributed by atoms with Crippen LogP contribution in [0.5, 0.6) is 0 Å². The summed E-state index contributed by atoms with van der Waals surface area (Å²) >= 11 is 0. The first kappa shape index (κ1) is 21.7. The molecule has 0 aliphatic heterocycles. The highest BCUT2D eigenvalue weighted by Gasteiger charge is 2.19. The lowest BCUT2D eigenvalue weighted by molar-refractivity contribution is 0.504. The molecule has 0 atom stereocenters. The molecule has 0 fully saturated rings. The molecule has 0 saturated carbocycles. The van der Waals surface area contributed by atoms with Crippen LogP contribution in [0.4, 0.5) is 20.2 Å². The predicted molar refractivity (Wildman–Crippen MR) is 110 cm³/mol. The van der Waals surface area contributed by atoms with E-state index in [4.69, 9.17) is 0 Å². The van der Waals surface area contributed by atoms with E-state index in [2.05, 4.69) is 9.44 Å². The third-order valence-corrected chi connectivity index (χ3v) is 7.13. The third kappa shape index (κ3) is 4.77. The summed E-state index contributed by atoms with van der Waals surface area (Å²) in [6, 6.07) is 12.8. The maximum Gasteiger partial charge on any atom is 0.262 e. The Bertz CT molecular complexity index is 1310. The minimum atomic E-state index is -4.15. The van der Waals surface area contributed by atoms with Gasteiger partial charge in [0, 0.05) is 11.4 Å². The van der Waals surface area contributed by atoms with Crippen LogP contribution in [0.3, 0.4) is 0 Å². The van der Waals surface area contributed by atoms with Gasteiger partial charge >= 0.3 is 0 Å². The minimum absolute atomic E-state index is 0.120. The summed E-state index contributed by atoms with van der Waals surface area (Å²) in [5, 5.41) is 0. The number of anilines is 2. The van der Waals surface area contributed by atoms with Gasteiger partial charge in [-0.25, -0.2) is 25.6 Å². The Morgan fingerprint density at radius 1 is 0.667 bits per heavy atom. The molecule has 30 heavy (non-hydrogen) atoms.